The van der Waals surface area contributed by atoms with Crippen LogP contribution in [0.15, 0.2) is 24.3 Å². The minimum Gasteiger partial charge on any atom is -0.508 e. The first-order valence-electron chi connectivity index (χ1n) is 7.83. The van der Waals surface area contributed by atoms with Gasteiger partial charge in [-0.05, 0) is 50.3 Å². The number of sulfonamides is 1. The van der Waals surface area contributed by atoms with Crippen LogP contribution in [0.2, 0.25) is 0 Å². The Hall–Kier alpha value is -1.11. The molecule has 1 aromatic carbocycles. The van der Waals surface area contributed by atoms with E-state index < -0.39 is 10.0 Å². The van der Waals surface area contributed by atoms with Crippen molar-refractivity contribution in [2.75, 3.05) is 19.3 Å². The van der Waals surface area contributed by atoms with Crippen LogP contribution in [0, 0.1) is 0 Å². The molecule has 2 N–H and O–H groups in total. The second-order valence-corrected chi connectivity index (χ2v) is 8.19. The van der Waals surface area contributed by atoms with E-state index in [4.69, 9.17) is 0 Å². The van der Waals surface area contributed by atoms with Gasteiger partial charge in [0.25, 0.3) is 0 Å². The van der Waals surface area contributed by atoms with Gasteiger partial charge in [0.15, 0.2) is 0 Å². The zero-order chi connectivity index (χ0) is 16.2. The lowest BCUT2D eigenvalue weighted by Crippen LogP contribution is -2.46. The lowest BCUT2D eigenvalue weighted by atomic mass is 10.0. The molecule has 0 amide bonds. The average Bonchev–Trinajstić information content (AvgIpc) is 2.46. The number of phenols is 1. The van der Waals surface area contributed by atoms with E-state index >= 15 is 0 Å². The van der Waals surface area contributed by atoms with Gasteiger partial charge in [-0.15, -0.1) is 0 Å². The zero-order valence-electron chi connectivity index (χ0n) is 13.3. The number of rotatable bonds is 6. The molecule has 5 nitrogen and oxygen atoms in total. The van der Waals surface area contributed by atoms with E-state index in [2.05, 4.69) is 12.2 Å². The van der Waals surface area contributed by atoms with E-state index in [1.165, 1.54) is 11.8 Å². The highest BCUT2D eigenvalue weighted by atomic mass is 32.2. The Morgan fingerprint density at radius 1 is 1.27 bits per heavy atom. The second-order valence-electron chi connectivity index (χ2n) is 6.21. The Morgan fingerprint density at radius 3 is 2.41 bits per heavy atom. The van der Waals surface area contributed by atoms with E-state index in [-0.39, 0.29) is 0 Å². The summed E-state index contributed by atoms with van der Waals surface area (Å²) in [4.78, 5) is 0. The average molecular weight is 326 g/mol. The van der Waals surface area contributed by atoms with Gasteiger partial charge in [-0.25, -0.2) is 12.7 Å². The van der Waals surface area contributed by atoms with Gasteiger partial charge in [-0.3, -0.25) is 0 Å². The van der Waals surface area contributed by atoms with Crippen molar-refractivity contribution in [3.63, 3.8) is 0 Å². The first-order valence-corrected chi connectivity index (χ1v) is 9.68. The smallest absolute Gasteiger partial charge is 0.211 e. The molecule has 6 heteroatoms. The molecule has 1 unspecified atom stereocenters. The Balaban J connectivity index is 1.72. The van der Waals surface area contributed by atoms with Crippen molar-refractivity contribution in [1.82, 2.24) is 9.62 Å². The summed E-state index contributed by atoms with van der Waals surface area (Å²) in [6, 6.07) is 8.12. The highest BCUT2D eigenvalue weighted by molar-refractivity contribution is 7.88. The Morgan fingerprint density at radius 2 is 1.86 bits per heavy atom. The largest absolute Gasteiger partial charge is 0.508 e. The van der Waals surface area contributed by atoms with Crippen molar-refractivity contribution in [1.29, 1.82) is 0 Å². The van der Waals surface area contributed by atoms with Crippen molar-refractivity contribution in [3.8, 4) is 5.75 Å². The maximum absolute atomic E-state index is 11.5. The Labute approximate surface area is 133 Å². The van der Waals surface area contributed by atoms with Crippen molar-refractivity contribution >= 4 is 10.0 Å². The minimum absolute atomic E-state index is 0.299. The van der Waals surface area contributed by atoms with Gasteiger partial charge in [-0.1, -0.05) is 12.1 Å². The zero-order valence-corrected chi connectivity index (χ0v) is 14.1. The van der Waals surface area contributed by atoms with E-state index in [1.54, 1.807) is 16.4 Å². The number of hydrogen-bond acceptors (Lipinski definition) is 4. The number of benzene rings is 1. The Kier molecular flexibility index (Phi) is 5.83. The number of aromatic hydroxyl groups is 1. The molecule has 1 aliphatic rings. The number of phenolic OH excluding ortho intramolecular Hbond substituents is 1. The Bertz CT molecular complexity index is 564. The van der Waals surface area contributed by atoms with Crippen LogP contribution in [0.25, 0.3) is 0 Å². The van der Waals surface area contributed by atoms with E-state index in [9.17, 15) is 13.5 Å². The quantitative estimate of drug-likeness (QED) is 0.835. The maximum atomic E-state index is 11.5. The van der Waals surface area contributed by atoms with Crippen LogP contribution in [0.1, 0.15) is 31.7 Å². The van der Waals surface area contributed by atoms with Crippen molar-refractivity contribution < 1.29 is 13.5 Å². The number of nitrogens with zero attached hydrogens (tertiary/aromatic N) is 1. The van der Waals surface area contributed by atoms with Crippen LogP contribution in [-0.4, -0.2) is 49.3 Å². The summed E-state index contributed by atoms with van der Waals surface area (Å²) in [7, 11) is -3.04. The molecule has 1 aliphatic heterocycles. The monoisotopic (exact) mass is 326 g/mol. The van der Waals surface area contributed by atoms with Gasteiger partial charge in [0.05, 0.1) is 6.26 Å². The molecule has 1 saturated heterocycles. The van der Waals surface area contributed by atoms with Gasteiger partial charge in [0.1, 0.15) is 5.75 Å². The molecule has 0 radical (unpaired) electrons. The summed E-state index contributed by atoms with van der Waals surface area (Å²) in [5.74, 6) is 0.299. The van der Waals surface area contributed by atoms with E-state index in [0.29, 0.717) is 30.9 Å². The molecule has 0 spiro atoms. The van der Waals surface area contributed by atoms with E-state index in [1.807, 2.05) is 12.1 Å². The fourth-order valence-electron chi connectivity index (χ4n) is 2.89. The number of aryl methyl sites for hydroxylation is 1. The summed E-state index contributed by atoms with van der Waals surface area (Å²) in [5.41, 5.74) is 1.22. The lowest BCUT2D eigenvalue weighted by Gasteiger charge is -2.32. The van der Waals surface area contributed by atoms with Crippen molar-refractivity contribution in [2.24, 2.45) is 0 Å². The fraction of sp³-hybridized carbons (Fsp3) is 0.625. The summed E-state index contributed by atoms with van der Waals surface area (Å²) < 4.78 is 24.5. The fourth-order valence-corrected chi connectivity index (χ4v) is 3.76. The molecule has 124 valence electrons. The highest BCUT2D eigenvalue weighted by Gasteiger charge is 2.25. The molecule has 0 bridgehead atoms. The number of nitrogens with one attached hydrogen (secondary N) is 1. The van der Waals surface area contributed by atoms with Crippen LogP contribution in [0.4, 0.5) is 0 Å². The molecule has 0 aliphatic carbocycles. The van der Waals surface area contributed by atoms with Crippen molar-refractivity contribution in [3.05, 3.63) is 29.8 Å². The van der Waals surface area contributed by atoms with Crippen LogP contribution < -0.4 is 5.32 Å². The third kappa shape index (κ3) is 5.26. The summed E-state index contributed by atoms with van der Waals surface area (Å²) in [6.45, 7) is 3.39. The number of hydrogen-bond donors (Lipinski definition) is 2. The standard InChI is InChI=1S/C16H26N2O3S/c1-13(3-4-14-5-7-16(19)8-6-14)17-15-9-11-18(12-10-15)22(2,20)21/h5-8,13,15,17,19H,3-4,9-12H2,1-2H3. The van der Waals surface area contributed by atoms with Crippen molar-refractivity contribution in [2.45, 2.75) is 44.7 Å². The molecule has 1 aromatic rings. The van der Waals surface area contributed by atoms with E-state index in [0.717, 1.165) is 25.7 Å². The molecule has 0 aromatic heterocycles. The highest BCUT2D eigenvalue weighted by Crippen LogP contribution is 2.15. The second kappa shape index (κ2) is 7.44. The van der Waals surface area contributed by atoms with Gasteiger partial charge >= 0.3 is 0 Å². The predicted molar refractivity (Wildman–Crippen MR) is 88.5 cm³/mol. The number of piperidine rings is 1. The molecule has 1 heterocycles. The normalized spacial score (nSPS) is 19.2. The topological polar surface area (TPSA) is 69.6 Å². The predicted octanol–water partition coefficient (Wildman–Crippen LogP) is 1.73. The van der Waals surface area contributed by atoms with Crippen LogP contribution in [-0.2, 0) is 16.4 Å². The SMILES string of the molecule is CC(CCc1ccc(O)cc1)NC1CCN(S(C)(=O)=O)CC1. The summed E-state index contributed by atoms with van der Waals surface area (Å²) >= 11 is 0. The van der Waals surface area contributed by atoms with Gasteiger partial charge in [-0.2, -0.15) is 0 Å². The molecule has 1 atom stereocenters. The first-order chi connectivity index (χ1) is 10.3. The third-order valence-electron chi connectivity index (χ3n) is 4.25. The van der Waals surface area contributed by atoms with Gasteiger partial charge < -0.3 is 10.4 Å². The molecular weight excluding hydrogens is 300 g/mol. The van der Waals surface area contributed by atoms with Gasteiger partial charge in [0.2, 0.25) is 10.0 Å². The molecule has 22 heavy (non-hydrogen) atoms. The van der Waals surface area contributed by atoms with Crippen LogP contribution in [0.5, 0.6) is 5.75 Å². The summed E-state index contributed by atoms with van der Waals surface area (Å²) in [6.07, 6.45) is 5.02. The molecule has 2 rings (SSSR count). The first kappa shape index (κ1) is 17.2. The van der Waals surface area contributed by atoms with Crippen LogP contribution in [0.3, 0.4) is 0 Å². The maximum Gasteiger partial charge on any atom is 0.211 e. The molecule has 0 saturated carbocycles. The lowest BCUT2D eigenvalue weighted by molar-refractivity contribution is 0.274. The van der Waals surface area contributed by atoms with Gasteiger partial charge in [0, 0.05) is 25.2 Å². The minimum atomic E-state index is -3.04. The third-order valence-corrected chi connectivity index (χ3v) is 5.55. The summed E-state index contributed by atoms with van der Waals surface area (Å²) in [5, 5.41) is 12.9. The van der Waals surface area contributed by atoms with Crippen LogP contribution >= 0.6 is 0 Å². The molecular formula is C16H26N2O3S. The molecule has 1 fully saturated rings.